The Hall–Kier alpha value is -2.34. The molecule has 1 fully saturated rings. The van der Waals surface area contributed by atoms with Gasteiger partial charge in [-0.1, -0.05) is 72.6 Å². The van der Waals surface area contributed by atoms with Gasteiger partial charge in [-0.3, -0.25) is 0 Å². The summed E-state index contributed by atoms with van der Waals surface area (Å²) in [6, 6.07) is 15.5. The molecule has 2 aromatic carbocycles. The third-order valence-corrected chi connectivity index (χ3v) is 6.75. The number of halogens is 2. The summed E-state index contributed by atoms with van der Waals surface area (Å²) >= 11 is 12.6. The van der Waals surface area contributed by atoms with Gasteiger partial charge in [0, 0.05) is 18.7 Å². The molecule has 0 unspecified atom stereocenters. The molecule has 0 atom stereocenters. The SMILES string of the molecule is CC1(CN)CCN(c2ncc(-c3cccc(Cl)c3Cl)nc2OCc2ccccc2)CC1. The second-order valence-corrected chi connectivity index (χ2v) is 9.05. The van der Waals surface area contributed by atoms with Crippen molar-refractivity contribution in [3.63, 3.8) is 0 Å². The number of aromatic nitrogens is 2. The summed E-state index contributed by atoms with van der Waals surface area (Å²) in [4.78, 5) is 11.8. The fourth-order valence-corrected chi connectivity index (χ4v) is 4.10. The first-order valence-corrected chi connectivity index (χ1v) is 11.2. The number of nitrogens with two attached hydrogens (primary N) is 1. The number of benzene rings is 2. The van der Waals surface area contributed by atoms with Gasteiger partial charge in [-0.25, -0.2) is 9.97 Å². The first-order valence-electron chi connectivity index (χ1n) is 10.4. The molecule has 0 amide bonds. The topological polar surface area (TPSA) is 64.3 Å². The van der Waals surface area contributed by atoms with Gasteiger partial charge in [0.1, 0.15) is 6.61 Å². The minimum atomic E-state index is 0.170. The molecule has 5 nitrogen and oxygen atoms in total. The molecule has 1 aliphatic rings. The molecule has 0 aliphatic carbocycles. The fraction of sp³-hybridized carbons (Fsp3) is 0.333. The number of hydrogen-bond acceptors (Lipinski definition) is 5. The second-order valence-electron chi connectivity index (χ2n) is 8.26. The third kappa shape index (κ3) is 4.95. The maximum absolute atomic E-state index is 6.43. The number of anilines is 1. The Morgan fingerprint density at radius 2 is 1.81 bits per heavy atom. The molecule has 2 heterocycles. The van der Waals surface area contributed by atoms with Gasteiger partial charge in [-0.15, -0.1) is 0 Å². The van der Waals surface area contributed by atoms with Crippen molar-refractivity contribution in [1.29, 1.82) is 0 Å². The Morgan fingerprint density at radius 3 is 2.52 bits per heavy atom. The molecule has 2 N–H and O–H groups in total. The summed E-state index contributed by atoms with van der Waals surface area (Å²) in [5.74, 6) is 1.24. The zero-order chi connectivity index (χ0) is 21.8. The molecule has 162 valence electrons. The lowest BCUT2D eigenvalue weighted by Crippen LogP contribution is -2.42. The van der Waals surface area contributed by atoms with Crippen LogP contribution in [0.4, 0.5) is 5.82 Å². The van der Waals surface area contributed by atoms with Gasteiger partial charge in [0.05, 0.1) is 21.9 Å². The Kier molecular flexibility index (Phi) is 6.65. The molecule has 4 rings (SSSR count). The van der Waals surface area contributed by atoms with Gasteiger partial charge in [-0.05, 0) is 36.4 Å². The fourth-order valence-electron chi connectivity index (χ4n) is 3.70. The normalized spacial score (nSPS) is 15.7. The molecule has 0 spiro atoms. The van der Waals surface area contributed by atoms with Gasteiger partial charge in [-0.2, -0.15) is 0 Å². The Morgan fingerprint density at radius 1 is 1.06 bits per heavy atom. The summed E-state index contributed by atoms with van der Waals surface area (Å²) in [6.07, 6.45) is 3.75. The largest absolute Gasteiger partial charge is 0.470 e. The van der Waals surface area contributed by atoms with Crippen molar-refractivity contribution in [2.45, 2.75) is 26.4 Å². The molecular weight excluding hydrogens is 431 g/mol. The average molecular weight is 457 g/mol. The number of rotatable bonds is 6. The minimum absolute atomic E-state index is 0.170. The van der Waals surface area contributed by atoms with Crippen LogP contribution in [0.2, 0.25) is 10.0 Å². The summed E-state index contributed by atoms with van der Waals surface area (Å²) in [5, 5.41) is 0.936. The first-order chi connectivity index (χ1) is 15.0. The van der Waals surface area contributed by atoms with E-state index in [0.717, 1.165) is 42.9 Å². The Bertz CT molecular complexity index is 1040. The molecule has 31 heavy (non-hydrogen) atoms. The van der Waals surface area contributed by atoms with E-state index in [1.807, 2.05) is 42.5 Å². The number of ether oxygens (including phenoxy) is 1. The average Bonchev–Trinajstić information content (AvgIpc) is 2.81. The zero-order valence-corrected chi connectivity index (χ0v) is 19.0. The molecule has 0 saturated carbocycles. The summed E-state index contributed by atoms with van der Waals surface area (Å²) in [7, 11) is 0. The van der Waals surface area contributed by atoms with Crippen LogP contribution in [-0.2, 0) is 6.61 Å². The lowest BCUT2D eigenvalue weighted by molar-refractivity contribution is 0.253. The molecule has 0 radical (unpaired) electrons. The smallest absolute Gasteiger partial charge is 0.258 e. The lowest BCUT2D eigenvalue weighted by Gasteiger charge is -2.39. The molecule has 1 saturated heterocycles. The van der Waals surface area contributed by atoms with Crippen molar-refractivity contribution < 1.29 is 4.74 Å². The van der Waals surface area contributed by atoms with E-state index in [2.05, 4.69) is 11.8 Å². The number of nitrogens with zero attached hydrogens (tertiary/aromatic N) is 3. The van der Waals surface area contributed by atoms with Crippen molar-refractivity contribution in [1.82, 2.24) is 9.97 Å². The van der Waals surface area contributed by atoms with Gasteiger partial charge >= 0.3 is 0 Å². The molecular formula is C24H26Cl2N4O. The number of piperidine rings is 1. The molecule has 0 bridgehead atoms. The molecule has 1 aliphatic heterocycles. The monoisotopic (exact) mass is 456 g/mol. The second kappa shape index (κ2) is 9.43. The standard InChI is InChI=1S/C24H26Cl2N4O/c1-24(16-27)10-12-30(13-11-24)22-23(31-15-17-6-3-2-4-7-17)29-20(14-28-22)18-8-5-9-19(25)21(18)26/h2-9,14H,10-13,15-16,27H2,1H3. The summed E-state index contributed by atoms with van der Waals surface area (Å²) in [5.41, 5.74) is 8.57. The van der Waals surface area contributed by atoms with E-state index < -0.39 is 0 Å². The van der Waals surface area contributed by atoms with E-state index >= 15 is 0 Å². The first kappa shape index (κ1) is 21.9. The lowest BCUT2D eigenvalue weighted by atomic mass is 9.80. The van der Waals surface area contributed by atoms with E-state index in [9.17, 15) is 0 Å². The van der Waals surface area contributed by atoms with Gasteiger partial charge in [0.2, 0.25) is 0 Å². The van der Waals surface area contributed by atoms with Crippen LogP contribution in [0.25, 0.3) is 11.3 Å². The van der Waals surface area contributed by atoms with E-state index in [-0.39, 0.29) is 5.41 Å². The van der Waals surface area contributed by atoms with Crippen LogP contribution >= 0.6 is 23.2 Å². The van der Waals surface area contributed by atoms with E-state index in [0.29, 0.717) is 34.8 Å². The highest BCUT2D eigenvalue weighted by molar-refractivity contribution is 6.43. The van der Waals surface area contributed by atoms with Crippen LogP contribution in [0.5, 0.6) is 5.88 Å². The third-order valence-electron chi connectivity index (χ3n) is 5.93. The van der Waals surface area contributed by atoms with Crippen molar-refractivity contribution in [2.75, 3.05) is 24.5 Å². The zero-order valence-electron chi connectivity index (χ0n) is 17.5. The van der Waals surface area contributed by atoms with Crippen molar-refractivity contribution >= 4 is 29.0 Å². The maximum Gasteiger partial charge on any atom is 0.258 e. The Balaban J connectivity index is 1.66. The van der Waals surface area contributed by atoms with Gasteiger partial charge < -0.3 is 15.4 Å². The highest BCUT2D eigenvalue weighted by Crippen LogP contribution is 2.37. The van der Waals surface area contributed by atoms with Crippen molar-refractivity contribution in [3.8, 4) is 17.1 Å². The van der Waals surface area contributed by atoms with E-state index in [1.54, 1.807) is 12.3 Å². The summed E-state index contributed by atoms with van der Waals surface area (Å²) < 4.78 is 6.17. The van der Waals surface area contributed by atoms with Crippen LogP contribution in [0, 0.1) is 5.41 Å². The molecule has 3 aromatic rings. The van der Waals surface area contributed by atoms with Crippen molar-refractivity contribution in [2.24, 2.45) is 11.1 Å². The minimum Gasteiger partial charge on any atom is -0.470 e. The van der Waals surface area contributed by atoms with Crippen LogP contribution in [0.3, 0.4) is 0 Å². The van der Waals surface area contributed by atoms with E-state index in [4.69, 9.17) is 43.6 Å². The van der Waals surface area contributed by atoms with Crippen LogP contribution in [0.1, 0.15) is 25.3 Å². The van der Waals surface area contributed by atoms with Crippen LogP contribution < -0.4 is 15.4 Å². The molecule has 7 heteroatoms. The Labute approximate surface area is 193 Å². The quantitative estimate of drug-likeness (QED) is 0.523. The summed E-state index contributed by atoms with van der Waals surface area (Å²) in [6.45, 7) is 5.06. The molecule has 1 aromatic heterocycles. The highest BCUT2D eigenvalue weighted by atomic mass is 35.5. The maximum atomic E-state index is 6.43. The number of hydrogen-bond donors (Lipinski definition) is 1. The van der Waals surface area contributed by atoms with Gasteiger partial charge in [0.25, 0.3) is 5.88 Å². The van der Waals surface area contributed by atoms with Crippen LogP contribution in [-0.4, -0.2) is 29.6 Å². The van der Waals surface area contributed by atoms with Crippen molar-refractivity contribution in [3.05, 3.63) is 70.3 Å². The van der Waals surface area contributed by atoms with Crippen LogP contribution in [0.15, 0.2) is 54.7 Å². The highest BCUT2D eigenvalue weighted by Gasteiger charge is 2.31. The predicted octanol–water partition coefficient (Wildman–Crippen LogP) is 5.59. The van der Waals surface area contributed by atoms with E-state index in [1.165, 1.54) is 0 Å². The van der Waals surface area contributed by atoms with Gasteiger partial charge in [0.15, 0.2) is 5.82 Å². The predicted molar refractivity (Wildman–Crippen MR) is 127 cm³/mol.